The van der Waals surface area contributed by atoms with Crippen LogP contribution in [0, 0.1) is 25.5 Å². The first-order valence-corrected chi connectivity index (χ1v) is 9.46. The molecule has 4 rings (SSSR count). The minimum atomic E-state index is -0.498. The van der Waals surface area contributed by atoms with Gasteiger partial charge in [-0.05, 0) is 44.4 Å². The number of hydrogen-bond acceptors (Lipinski definition) is 5. The minimum Gasteiger partial charge on any atom is -0.355 e. The van der Waals surface area contributed by atoms with E-state index in [9.17, 15) is 13.6 Å². The summed E-state index contributed by atoms with van der Waals surface area (Å²) in [4.78, 5) is 25.5. The quantitative estimate of drug-likeness (QED) is 0.854. The molecule has 1 aromatic heterocycles. The Bertz CT molecular complexity index is 949. The van der Waals surface area contributed by atoms with E-state index in [0.717, 1.165) is 42.2 Å². The van der Waals surface area contributed by atoms with Crippen molar-refractivity contribution in [2.24, 2.45) is 5.73 Å². The van der Waals surface area contributed by atoms with Crippen molar-refractivity contribution >= 4 is 11.7 Å². The van der Waals surface area contributed by atoms with Crippen molar-refractivity contribution in [3.63, 3.8) is 0 Å². The Morgan fingerprint density at radius 1 is 1.14 bits per heavy atom. The first-order valence-electron chi connectivity index (χ1n) is 9.46. The monoisotopic (exact) mass is 387 g/mol. The van der Waals surface area contributed by atoms with Crippen molar-refractivity contribution in [3.8, 4) is 0 Å². The summed E-state index contributed by atoms with van der Waals surface area (Å²) in [6.45, 7) is 5.55. The number of hydrogen-bond donors (Lipinski definition) is 1. The summed E-state index contributed by atoms with van der Waals surface area (Å²) in [5.41, 5.74) is 8.23. The lowest BCUT2D eigenvalue weighted by atomic mass is 9.98. The van der Waals surface area contributed by atoms with E-state index in [-0.39, 0.29) is 36.3 Å². The smallest absolute Gasteiger partial charge is 0.292 e. The molecule has 6 nitrogen and oxygen atoms in total. The molecule has 0 radical (unpaired) electrons. The molecule has 0 unspecified atom stereocenters. The molecular weight excluding hydrogens is 364 g/mol. The van der Waals surface area contributed by atoms with Gasteiger partial charge in [0.05, 0.1) is 0 Å². The van der Waals surface area contributed by atoms with Crippen LogP contribution in [-0.4, -0.2) is 46.5 Å². The van der Waals surface area contributed by atoms with E-state index in [1.165, 1.54) is 4.90 Å². The number of amides is 1. The van der Waals surface area contributed by atoms with Crippen LogP contribution in [0.2, 0.25) is 0 Å². The number of nitrogens with zero attached hydrogens (tertiary/aromatic N) is 4. The molecule has 148 valence electrons. The summed E-state index contributed by atoms with van der Waals surface area (Å²) < 4.78 is 28.1. The molecule has 8 heteroatoms. The van der Waals surface area contributed by atoms with Crippen molar-refractivity contribution in [3.05, 3.63) is 52.0 Å². The Kier molecular flexibility index (Phi) is 4.74. The maximum Gasteiger partial charge on any atom is 0.292 e. The van der Waals surface area contributed by atoms with Crippen LogP contribution in [0.1, 0.15) is 39.4 Å². The largest absolute Gasteiger partial charge is 0.355 e. The lowest BCUT2D eigenvalue weighted by Crippen LogP contribution is -2.38. The average molecular weight is 387 g/mol. The third-order valence-corrected chi connectivity index (χ3v) is 5.66. The molecular formula is C20H23F2N5O. The predicted octanol–water partition coefficient (Wildman–Crippen LogP) is 2.11. The highest BCUT2D eigenvalue weighted by molar-refractivity contribution is 5.91. The molecule has 0 aliphatic carbocycles. The molecule has 1 fully saturated rings. The van der Waals surface area contributed by atoms with Gasteiger partial charge in [0.25, 0.3) is 5.91 Å². The summed E-state index contributed by atoms with van der Waals surface area (Å²) in [5, 5.41) is 0. The molecule has 0 saturated carbocycles. The van der Waals surface area contributed by atoms with Gasteiger partial charge in [-0.2, -0.15) is 0 Å². The van der Waals surface area contributed by atoms with Gasteiger partial charge in [0.15, 0.2) is 0 Å². The van der Waals surface area contributed by atoms with Crippen LogP contribution in [0.3, 0.4) is 0 Å². The highest BCUT2D eigenvalue weighted by Gasteiger charge is 2.29. The van der Waals surface area contributed by atoms with Crippen molar-refractivity contribution in [1.82, 2.24) is 14.9 Å². The van der Waals surface area contributed by atoms with Gasteiger partial charge < -0.3 is 15.5 Å². The first-order chi connectivity index (χ1) is 13.3. The minimum absolute atomic E-state index is 0.0119. The number of halogens is 2. The topological polar surface area (TPSA) is 75.4 Å². The summed E-state index contributed by atoms with van der Waals surface area (Å²) >= 11 is 0. The SMILES string of the molecule is Cc1nc(C(=O)N2CCc3c(F)ccc(F)c3C2)nc(N2CC[C@@H](N)C2)c1C. The number of aryl methyl sites for hydroxylation is 1. The molecule has 2 aliphatic heterocycles. The molecule has 28 heavy (non-hydrogen) atoms. The summed E-state index contributed by atoms with van der Waals surface area (Å²) in [6, 6.07) is 2.32. The van der Waals surface area contributed by atoms with Crippen LogP contribution in [0.4, 0.5) is 14.6 Å². The number of carbonyl (C=O) groups is 1. The van der Waals surface area contributed by atoms with E-state index < -0.39 is 11.6 Å². The zero-order chi connectivity index (χ0) is 20.0. The molecule has 2 aliphatic rings. The van der Waals surface area contributed by atoms with Crippen molar-refractivity contribution < 1.29 is 13.6 Å². The molecule has 0 bridgehead atoms. The number of anilines is 1. The van der Waals surface area contributed by atoms with Crippen LogP contribution in [0.25, 0.3) is 0 Å². The lowest BCUT2D eigenvalue weighted by Gasteiger charge is -2.29. The third kappa shape index (κ3) is 3.22. The molecule has 1 atom stereocenters. The fourth-order valence-corrected chi connectivity index (χ4v) is 3.91. The van der Waals surface area contributed by atoms with Gasteiger partial charge >= 0.3 is 0 Å². The van der Waals surface area contributed by atoms with Crippen LogP contribution < -0.4 is 10.6 Å². The third-order valence-electron chi connectivity index (χ3n) is 5.66. The summed E-state index contributed by atoms with van der Waals surface area (Å²) in [5.74, 6) is -0.500. The van der Waals surface area contributed by atoms with Crippen LogP contribution >= 0.6 is 0 Å². The van der Waals surface area contributed by atoms with E-state index in [2.05, 4.69) is 14.9 Å². The highest BCUT2D eigenvalue weighted by atomic mass is 19.1. The second-order valence-corrected chi connectivity index (χ2v) is 7.54. The second-order valence-electron chi connectivity index (χ2n) is 7.54. The highest BCUT2D eigenvalue weighted by Crippen LogP contribution is 2.27. The van der Waals surface area contributed by atoms with Crippen LogP contribution in [0.5, 0.6) is 0 Å². The van der Waals surface area contributed by atoms with E-state index in [1.54, 1.807) is 0 Å². The van der Waals surface area contributed by atoms with E-state index in [0.29, 0.717) is 18.7 Å². The fraction of sp³-hybridized carbons (Fsp3) is 0.450. The number of benzene rings is 1. The molecule has 1 amide bonds. The van der Waals surface area contributed by atoms with Gasteiger partial charge in [-0.1, -0.05) is 0 Å². The summed E-state index contributed by atoms with van der Waals surface area (Å²) in [6.07, 6.45) is 1.14. The van der Waals surface area contributed by atoms with Crippen molar-refractivity contribution in [2.75, 3.05) is 24.5 Å². The van der Waals surface area contributed by atoms with Crippen molar-refractivity contribution in [1.29, 1.82) is 0 Å². The van der Waals surface area contributed by atoms with Gasteiger partial charge in [0.1, 0.15) is 17.5 Å². The number of aromatic nitrogens is 2. The Hall–Kier alpha value is -2.61. The molecule has 2 N–H and O–H groups in total. The maximum absolute atomic E-state index is 14.2. The second kappa shape index (κ2) is 7.09. The van der Waals surface area contributed by atoms with Gasteiger partial charge in [-0.15, -0.1) is 0 Å². The molecule has 1 saturated heterocycles. The Morgan fingerprint density at radius 2 is 1.86 bits per heavy atom. The Morgan fingerprint density at radius 3 is 2.54 bits per heavy atom. The van der Waals surface area contributed by atoms with Crippen molar-refractivity contribution in [2.45, 2.75) is 39.3 Å². The Balaban J connectivity index is 1.63. The van der Waals surface area contributed by atoms with Crippen LogP contribution in [0.15, 0.2) is 12.1 Å². The molecule has 0 spiro atoms. The normalized spacial score (nSPS) is 19.1. The fourth-order valence-electron chi connectivity index (χ4n) is 3.91. The van der Waals surface area contributed by atoms with Gasteiger partial charge in [0, 0.05) is 49.0 Å². The van der Waals surface area contributed by atoms with Gasteiger partial charge in [-0.3, -0.25) is 4.79 Å². The molecule has 1 aromatic carbocycles. The maximum atomic E-state index is 14.2. The zero-order valence-corrected chi connectivity index (χ0v) is 16.0. The van der Waals surface area contributed by atoms with Gasteiger partial charge in [0.2, 0.25) is 5.82 Å². The van der Waals surface area contributed by atoms with E-state index >= 15 is 0 Å². The van der Waals surface area contributed by atoms with Gasteiger partial charge in [-0.25, -0.2) is 18.7 Å². The van der Waals surface area contributed by atoms with E-state index in [4.69, 9.17) is 5.73 Å². The van der Waals surface area contributed by atoms with Crippen LogP contribution in [-0.2, 0) is 13.0 Å². The summed E-state index contributed by atoms with van der Waals surface area (Å²) in [7, 11) is 0. The number of rotatable bonds is 2. The average Bonchev–Trinajstić information content (AvgIpc) is 3.12. The molecule has 3 heterocycles. The number of carbonyl (C=O) groups excluding carboxylic acids is 1. The Labute approximate surface area is 162 Å². The number of nitrogens with two attached hydrogens (primary N) is 1. The predicted molar refractivity (Wildman–Crippen MR) is 101 cm³/mol. The number of fused-ring (bicyclic) bond motifs is 1. The zero-order valence-electron chi connectivity index (χ0n) is 16.0. The lowest BCUT2D eigenvalue weighted by molar-refractivity contribution is 0.0718. The molecule has 2 aromatic rings. The standard InChI is InChI=1S/C20H23F2N5O/c1-11-12(2)24-18(25-19(11)26-7-5-13(23)9-26)20(28)27-8-6-14-15(10-27)17(22)4-3-16(14)21/h3-4,13H,5-10,23H2,1-2H3/t13-/m1/s1. The first kappa shape index (κ1) is 18.7. The van der Waals surface area contributed by atoms with E-state index in [1.807, 2.05) is 13.8 Å².